The number of aromatic nitrogens is 1. The smallest absolute Gasteiger partial charge is 0.171 e. The molecule has 0 aliphatic carbocycles. The van der Waals surface area contributed by atoms with Crippen LogP contribution in [0.2, 0.25) is 0 Å². The molecule has 1 aromatic heterocycles. The van der Waals surface area contributed by atoms with Gasteiger partial charge in [0.1, 0.15) is 6.54 Å². The molecule has 0 unspecified atom stereocenters. The number of hydrogen-bond donors (Lipinski definition) is 0. The molecule has 1 aromatic rings. The van der Waals surface area contributed by atoms with Gasteiger partial charge in [-0.3, -0.25) is 0 Å². The zero-order valence-electron chi connectivity index (χ0n) is 38.7. The summed E-state index contributed by atoms with van der Waals surface area (Å²) in [6.07, 6.45) is 69.7. The molecule has 55 heavy (non-hydrogen) atoms. The van der Waals surface area contributed by atoms with Crippen LogP contribution in [-0.4, -0.2) is 0 Å². The van der Waals surface area contributed by atoms with Crippen molar-refractivity contribution in [3.8, 4) is 0 Å². The van der Waals surface area contributed by atoms with E-state index in [1.165, 1.54) is 295 Å². The summed E-state index contributed by atoms with van der Waals surface area (Å²) < 4.78 is 2.60. The Hall–Kier alpha value is -0.850. The van der Waals surface area contributed by atoms with Gasteiger partial charge in [-0.2, -0.15) is 0 Å². The first-order valence-electron chi connectivity index (χ1n) is 26.3. The van der Waals surface area contributed by atoms with Gasteiger partial charge in [-0.05, 0) is 38.2 Å². The fourth-order valence-electron chi connectivity index (χ4n) is 8.89. The van der Waals surface area contributed by atoms with Crippen LogP contribution in [0.1, 0.15) is 308 Å². The van der Waals surface area contributed by atoms with Gasteiger partial charge in [0.25, 0.3) is 0 Å². The van der Waals surface area contributed by atoms with Crippen LogP contribution < -0.4 is 4.57 Å². The van der Waals surface area contributed by atoms with Gasteiger partial charge >= 0.3 is 0 Å². The van der Waals surface area contributed by atoms with Crippen molar-refractivity contribution in [3.63, 3.8) is 0 Å². The highest BCUT2D eigenvalue weighted by atomic mass is 14.9. The molecule has 0 amide bonds. The van der Waals surface area contributed by atoms with Gasteiger partial charge < -0.3 is 0 Å². The number of rotatable bonds is 46. The zero-order valence-corrected chi connectivity index (χ0v) is 38.7. The Balaban J connectivity index is 2.28. The molecule has 0 radical (unpaired) electrons. The quantitative estimate of drug-likeness (QED) is 0.0460. The minimum Gasteiger partial charge on any atom is -0.205 e. The molecule has 324 valence electrons. The lowest BCUT2D eigenvalue weighted by molar-refractivity contribution is -0.698. The fourth-order valence-corrected chi connectivity index (χ4v) is 8.89. The number of aryl methyl sites for hydroxylation is 3. The van der Waals surface area contributed by atoms with Crippen LogP contribution in [0.5, 0.6) is 0 Å². The molecule has 0 saturated carbocycles. The molecule has 1 heteroatoms. The molecule has 1 rings (SSSR count). The maximum atomic E-state index is 2.60. The maximum absolute atomic E-state index is 2.60. The van der Waals surface area contributed by atoms with Crippen molar-refractivity contribution in [1.82, 2.24) is 0 Å². The van der Waals surface area contributed by atoms with Gasteiger partial charge in [0.2, 0.25) is 0 Å². The molecule has 0 N–H and O–H groups in total. The fraction of sp³-hybridized carbons (Fsp3) is 0.907. The third-order valence-electron chi connectivity index (χ3n) is 12.7. The van der Waals surface area contributed by atoms with Crippen molar-refractivity contribution in [3.05, 3.63) is 29.6 Å². The lowest BCUT2D eigenvalue weighted by Gasteiger charge is -2.08. The van der Waals surface area contributed by atoms with Crippen LogP contribution >= 0.6 is 0 Å². The van der Waals surface area contributed by atoms with Crippen molar-refractivity contribution in [2.45, 2.75) is 316 Å². The Bertz CT molecular complexity index is 809. The largest absolute Gasteiger partial charge is 0.205 e. The summed E-state index contributed by atoms with van der Waals surface area (Å²) in [6, 6.07) is 2.59. The molecule has 0 spiro atoms. The predicted molar refractivity (Wildman–Crippen MR) is 250 cm³/mol. The molecular weight excluding hydrogens is 663 g/mol. The van der Waals surface area contributed by atoms with E-state index in [-0.39, 0.29) is 0 Å². The summed E-state index contributed by atoms with van der Waals surface area (Å²) in [5.41, 5.74) is 3.23. The normalized spacial score (nSPS) is 11.6. The van der Waals surface area contributed by atoms with E-state index in [4.69, 9.17) is 0 Å². The summed E-state index contributed by atoms with van der Waals surface area (Å²) >= 11 is 0. The van der Waals surface area contributed by atoms with E-state index in [0.717, 1.165) is 0 Å². The molecule has 0 aromatic carbocycles. The van der Waals surface area contributed by atoms with Crippen molar-refractivity contribution in [2.24, 2.45) is 0 Å². The Morgan fingerprint density at radius 3 is 0.691 bits per heavy atom. The average Bonchev–Trinajstić information content (AvgIpc) is 3.19. The minimum atomic E-state index is 1.22. The minimum absolute atomic E-state index is 1.22. The number of unbranched alkanes of at least 4 members (excludes halogenated alkanes) is 40. The van der Waals surface area contributed by atoms with Crippen LogP contribution in [0.3, 0.4) is 0 Å². The predicted octanol–water partition coefficient (Wildman–Crippen LogP) is 18.9. The van der Waals surface area contributed by atoms with Gasteiger partial charge in [0.05, 0.1) is 0 Å². The highest BCUT2D eigenvalue weighted by molar-refractivity contribution is 5.15. The van der Waals surface area contributed by atoms with E-state index in [1.54, 1.807) is 11.1 Å². The van der Waals surface area contributed by atoms with E-state index < -0.39 is 0 Å². The molecule has 0 atom stereocenters. The summed E-state index contributed by atoms with van der Waals surface area (Å²) in [5, 5.41) is 0. The maximum Gasteiger partial charge on any atom is 0.171 e. The molecule has 0 saturated heterocycles. The third kappa shape index (κ3) is 38.4. The van der Waals surface area contributed by atoms with Gasteiger partial charge in [-0.1, -0.05) is 271 Å². The van der Waals surface area contributed by atoms with Crippen LogP contribution in [0.25, 0.3) is 0 Å². The van der Waals surface area contributed by atoms with Crippen molar-refractivity contribution in [2.75, 3.05) is 0 Å². The van der Waals surface area contributed by atoms with E-state index in [1.807, 2.05) is 0 Å². The summed E-state index contributed by atoms with van der Waals surface area (Å²) in [4.78, 5) is 0. The van der Waals surface area contributed by atoms with Crippen molar-refractivity contribution < 1.29 is 4.57 Å². The Morgan fingerprint density at radius 2 is 0.455 bits per heavy atom. The average molecular weight is 767 g/mol. The van der Waals surface area contributed by atoms with Crippen molar-refractivity contribution in [1.29, 1.82) is 0 Å². The Kier molecular flexibility index (Phi) is 42.0. The van der Waals surface area contributed by atoms with Gasteiger partial charge in [-0.15, -0.1) is 0 Å². The molecule has 0 aliphatic rings. The number of nitrogens with zero attached hydrogens (tertiary/aromatic N) is 1. The number of hydrogen-bond acceptors (Lipinski definition) is 0. The summed E-state index contributed by atoms with van der Waals surface area (Å²) in [7, 11) is 0. The molecule has 0 bridgehead atoms. The highest BCUT2D eigenvalue weighted by Gasteiger charge is 2.09. The molecule has 0 fully saturated rings. The van der Waals surface area contributed by atoms with Gasteiger partial charge in [-0.25, -0.2) is 4.57 Å². The molecule has 1 heterocycles. The van der Waals surface area contributed by atoms with E-state index >= 15 is 0 Å². The first-order valence-corrected chi connectivity index (χ1v) is 26.3. The Labute approximate surface area is 349 Å². The van der Waals surface area contributed by atoms with Crippen LogP contribution in [0, 0.1) is 0 Å². The summed E-state index contributed by atoms with van der Waals surface area (Å²) in [5.74, 6) is 0. The van der Waals surface area contributed by atoms with Crippen molar-refractivity contribution >= 4 is 0 Å². The lowest BCUT2D eigenvalue weighted by Crippen LogP contribution is -2.34. The van der Waals surface area contributed by atoms with E-state index in [9.17, 15) is 0 Å². The first-order chi connectivity index (χ1) is 27.3. The lowest BCUT2D eigenvalue weighted by atomic mass is 10.0. The second kappa shape index (κ2) is 44.3. The van der Waals surface area contributed by atoms with Crippen LogP contribution in [0.15, 0.2) is 18.5 Å². The second-order valence-electron chi connectivity index (χ2n) is 18.4. The van der Waals surface area contributed by atoms with E-state index in [2.05, 4.69) is 43.8 Å². The molecule has 1 nitrogen and oxygen atoms in total. The SMILES string of the molecule is CCCCCCCCCCCCCCCCC[n+]1cc(CCCCCCCCCCCCCCCC)cc(CCCCCCCCCCCCCCCC)c1. The van der Waals surface area contributed by atoms with Crippen LogP contribution in [0.4, 0.5) is 0 Å². The van der Waals surface area contributed by atoms with Crippen LogP contribution in [-0.2, 0) is 19.4 Å². The van der Waals surface area contributed by atoms with E-state index in [0.29, 0.717) is 0 Å². The summed E-state index contributed by atoms with van der Waals surface area (Å²) in [6.45, 7) is 8.17. The number of pyridine rings is 1. The molecule has 0 aliphatic heterocycles. The highest BCUT2D eigenvalue weighted by Crippen LogP contribution is 2.18. The zero-order chi connectivity index (χ0) is 39.4. The second-order valence-corrected chi connectivity index (χ2v) is 18.4. The standard InChI is InChI=1S/C54H104N/c1-4-7-10-13-16-19-22-25-28-31-34-37-40-43-46-49-55-51-53(47-44-41-38-35-32-29-26-23-20-17-14-11-8-5-2)50-54(52-55)48-45-42-39-36-33-30-27-24-21-18-15-12-9-6-3/h50-52H,4-49H2,1-3H3/q+1. The van der Waals surface area contributed by atoms with Gasteiger partial charge in [0, 0.05) is 17.5 Å². The monoisotopic (exact) mass is 767 g/mol. The Morgan fingerprint density at radius 1 is 0.255 bits per heavy atom. The molecular formula is C54H104N+. The first kappa shape index (κ1) is 52.2. The van der Waals surface area contributed by atoms with Gasteiger partial charge in [0.15, 0.2) is 12.4 Å². The third-order valence-corrected chi connectivity index (χ3v) is 12.7. The topological polar surface area (TPSA) is 3.88 Å².